The zero-order valence-corrected chi connectivity index (χ0v) is 20.7. The van der Waals surface area contributed by atoms with Crippen LogP contribution in [0.2, 0.25) is 0 Å². The predicted molar refractivity (Wildman–Crippen MR) is 130 cm³/mol. The lowest BCUT2D eigenvalue weighted by Gasteiger charge is -2.54. The number of benzene rings is 1. The zero-order valence-electron chi connectivity index (χ0n) is 20.7. The van der Waals surface area contributed by atoms with Gasteiger partial charge >= 0.3 is 0 Å². The number of likely N-dealkylation sites (tertiary alicyclic amines) is 1. The Bertz CT molecular complexity index is 936. The van der Waals surface area contributed by atoms with E-state index < -0.39 is 5.60 Å². The summed E-state index contributed by atoms with van der Waals surface area (Å²) in [5.41, 5.74) is 0.642. The van der Waals surface area contributed by atoms with Crippen LogP contribution in [0, 0.1) is 0 Å². The average molecular weight is 485 g/mol. The third-order valence-electron chi connectivity index (χ3n) is 6.71. The lowest BCUT2D eigenvalue weighted by Crippen LogP contribution is -2.77. The van der Waals surface area contributed by atoms with Crippen molar-refractivity contribution < 1.29 is 28.5 Å². The Hall–Kier alpha value is -2.52. The number of hydrogen-bond acceptors (Lipinski definition) is 7. The molecule has 0 unspecified atom stereocenters. The molecule has 1 saturated carbocycles. The number of amides is 1. The molecule has 0 radical (unpaired) electrons. The molecule has 2 aliphatic rings. The summed E-state index contributed by atoms with van der Waals surface area (Å²) in [5, 5.41) is 0. The molecule has 8 heteroatoms. The van der Waals surface area contributed by atoms with Gasteiger partial charge in [0.1, 0.15) is 19.3 Å². The summed E-state index contributed by atoms with van der Waals surface area (Å²) >= 11 is 0. The van der Waals surface area contributed by atoms with Crippen molar-refractivity contribution in [3.63, 3.8) is 0 Å². The van der Waals surface area contributed by atoms with Gasteiger partial charge in [0, 0.05) is 38.6 Å². The number of pyridine rings is 1. The third kappa shape index (κ3) is 6.19. The Morgan fingerprint density at radius 2 is 1.86 bits per heavy atom. The SMILES string of the molecule is COCO[C@@]1(Cc2cc(OC3CCCCC3)ccn2)C(=O)N(COC)[C@H]1COCc1ccccc1. The van der Waals surface area contributed by atoms with Gasteiger partial charge in [0.2, 0.25) is 0 Å². The number of hydrogen-bond donors (Lipinski definition) is 0. The van der Waals surface area contributed by atoms with E-state index in [9.17, 15) is 4.79 Å². The maximum atomic E-state index is 13.4. The number of rotatable bonds is 13. The Morgan fingerprint density at radius 1 is 1.06 bits per heavy atom. The van der Waals surface area contributed by atoms with Gasteiger partial charge in [-0.3, -0.25) is 9.78 Å². The number of methoxy groups -OCH3 is 2. The van der Waals surface area contributed by atoms with Crippen molar-refractivity contribution in [3.05, 3.63) is 59.9 Å². The number of ether oxygens (including phenoxy) is 5. The van der Waals surface area contributed by atoms with E-state index in [2.05, 4.69) is 4.98 Å². The Kier molecular flexibility index (Phi) is 9.09. The lowest BCUT2D eigenvalue weighted by atomic mass is 9.78. The fourth-order valence-electron chi connectivity index (χ4n) is 4.92. The summed E-state index contributed by atoms with van der Waals surface area (Å²) in [5.74, 6) is 0.617. The van der Waals surface area contributed by atoms with Crippen LogP contribution in [0.5, 0.6) is 5.75 Å². The molecule has 1 saturated heterocycles. The molecule has 190 valence electrons. The van der Waals surface area contributed by atoms with Crippen LogP contribution >= 0.6 is 0 Å². The highest BCUT2D eigenvalue weighted by Gasteiger charge is 2.62. The van der Waals surface area contributed by atoms with Crippen molar-refractivity contribution in [2.75, 3.05) is 34.4 Å². The van der Waals surface area contributed by atoms with E-state index in [0.29, 0.717) is 13.2 Å². The summed E-state index contributed by atoms with van der Waals surface area (Å²) in [6.45, 7) is 0.885. The molecule has 1 amide bonds. The van der Waals surface area contributed by atoms with Gasteiger partial charge in [-0.05, 0) is 37.3 Å². The van der Waals surface area contributed by atoms with Crippen molar-refractivity contribution >= 4 is 5.91 Å². The first kappa shape index (κ1) is 25.6. The fraction of sp³-hybridized carbons (Fsp3) is 0.556. The fourth-order valence-corrected chi connectivity index (χ4v) is 4.92. The van der Waals surface area contributed by atoms with E-state index >= 15 is 0 Å². The Labute approximate surface area is 207 Å². The minimum atomic E-state index is -1.15. The standard InChI is InChI=1S/C27H36N2O6/c1-31-19-29-25(18-33-17-21-9-5-3-6-10-21)27(26(29)30,34-20-32-2)16-22-15-24(13-14-28-22)35-23-11-7-4-8-12-23/h3,5-6,9-10,13-15,23,25H,4,7-8,11-12,16-20H2,1-2H3/t25-,27+/m0/s1. The van der Waals surface area contributed by atoms with E-state index in [1.54, 1.807) is 25.3 Å². The summed E-state index contributed by atoms with van der Waals surface area (Å²) in [6.07, 6.45) is 8.07. The van der Waals surface area contributed by atoms with Crippen molar-refractivity contribution in [3.8, 4) is 5.75 Å². The molecule has 2 atom stereocenters. The van der Waals surface area contributed by atoms with Gasteiger partial charge < -0.3 is 28.6 Å². The first-order valence-electron chi connectivity index (χ1n) is 12.3. The second-order valence-corrected chi connectivity index (χ2v) is 9.19. The van der Waals surface area contributed by atoms with Gasteiger partial charge in [-0.25, -0.2) is 0 Å². The molecule has 8 nitrogen and oxygen atoms in total. The Balaban J connectivity index is 1.50. The quantitative estimate of drug-likeness (QED) is 0.317. The molecule has 0 bridgehead atoms. The molecule has 0 N–H and O–H groups in total. The van der Waals surface area contributed by atoms with Crippen LogP contribution in [0.15, 0.2) is 48.7 Å². The van der Waals surface area contributed by atoms with Crippen LogP contribution in [0.1, 0.15) is 43.4 Å². The largest absolute Gasteiger partial charge is 0.490 e. The van der Waals surface area contributed by atoms with Gasteiger partial charge in [-0.1, -0.05) is 36.8 Å². The van der Waals surface area contributed by atoms with E-state index in [4.69, 9.17) is 23.7 Å². The van der Waals surface area contributed by atoms with Crippen LogP contribution in [-0.4, -0.2) is 67.9 Å². The van der Waals surface area contributed by atoms with Gasteiger partial charge in [-0.2, -0.15) is 0 Å². The van der Waals surface area contributed by atoms with Gasteiger partial charge in [0.25, 0.3) is 5.91 Å². The van der Waals surface area contributed by atoms with Crippen LogP contribution in [0.3, 0.4) is 0 Å². The van der Waals surface area contributed by atoms with Crippen molar-refractivity contribution in [2.24, 2.45) is 0 Å². The van der Waals surface area contributed by atoms with Crippen molar-refractivity contribution in [2.45, 2.75) is 62.9 Å². The molecule has 1 aliphatic carbocycles. The molecule has 1 aliphatic heterocycles. The number of aromatic nitrogens is 1. The number of carbonyl (C=O) groups excluding carboxylic acids is 1. The van der Waals surface area contributed by atoms with Gasteiger partial charge in [0.15, 0.2) is 5.60 Å². The summed E-state index contributed by atoms with van der Waals surface area (Å²) in [6, 6.07) is 13.4. The normalized spacial score (nSPS) is 22.7. The first-order valence-corrected chi connectivity index (χ1v) is 12.3. The predicted octanol–water partition coefficient (Wildman–Crippen LogP) is 3.73. The third-order valence-corrected chi connectivity index (χ3v) is 6.71. The number of nitrogens with zero attached hydrogens (tertiary/aromatic N) is 2. The van der Waals surface area contributed by atoms with Crippen LogP contribution in [0.25, 0.3) is 0 Å². The number of carbonyl (C=O) groups is 1. The maximum Gasteiger partial charge on any atom is 0.259 e. The highest BCUT2D eigenvalue weighted by atomic mass is 16.7. The molecule has 2 heterocycles. The van der Waals surface area contributed by atoms with E-state index in [1.807, 2.05) is 42.5 Å². The molecule has 1 aromatic heterocycles. The van der Waals surface area contributed by atoms with Crippen LogP contribution < -0.4 is 4.74 Å². The topological polar surface area (TPSA) is 79.4 Å². The maximum absolute atomic E-state index is 13.4. The minimum absolute atomic E-state index is 0.0139. The van der Waals surface area contributed by atoms with Crippen LogP contribution in [0.4, 0.5) is 0 Å². The van der Waals surface area contributed by atoms with Gasteiger partial charge in [0.05, 0.1) is 25.4 Å². The summed E-state index contributed by atoms with van der Waals surface area (Å²) in [7, 11) is 3.11. The molecule has 4 rings (SSSR count). The molecule has 35 heavy (non-hydrogen) atoms. The average Bonchev–Trinajstić information content (AvgIpc) is 2.89. The smallest absolute Gasteiger partial charge is 0.259 e. The van der Waals surface area contributed by atoms with Crippen molar-refractivity contribution in [1.82, 2.24) is 9.88 Å². The van der Waals surface area contributed by atoms with E-state index in [0.717, 1.165) is 29.8 Å². The van der Waals surface area contributed by atoms with E-state index in [1.165, 1.54) is 19.3 Å². The number of β-lactam (4-membered cyclic amide) rings is 1. The molecular formula is C27H36N2O6. The highest BCUT2D eigenvalue weighted by Crippen LogP contribution is 2.38. The second-order valence-electron chi connectivity index (χ2n) is 9.19. The first-order chi connectivity index (χ1) is 17.2. The van der Waals surface area contributed by atoms with E-state index in [-0.39, 0.29) is 38.0 Å². The molecule has 2 fully saturated rings. The Morgan fingerprint density at radius 3 is 2.60 bits per heavy atom. The van der Waals surface area contributed by atoms with Crippen LogP contribution in [-0.2, 0) is 36.8 Å². The van der Waals surface area contributed by atoms with Crippen molar-refractivity contribution in [1.29, 1.82) is 0 Å². The minimum Gasteiger partial charge on any atom is -0.490 e. The molecule has 0 spiro atoms. The second kappa shape index (κ2) is 12.4. The highest BCUT2D eigenvalue weighted by molar-refractivity contribution is 5.93. The summed E-state index contributed by atoms with van der Waals surface area (Å²) in [4.78, 5) is 19.6. The van der Waals surface area contributed by atoms with Gasteiger partial charge in [-0.15, -0.1) is 0 Å². The molecular weight excluding hydrogens is 448 g/mol. The summed E-state index contributed by atoms with van der Waals surface area (Å²) < 4.78 is 28.8. The monoisotopic (exact) mass is 484 g/mol. The molecule has 2 aromatic rings. The molecule has 1 aromatic carbocycles. The lowest BCUT2D eigenvalue weighted by molar-refractivity contribution is -0.240. The zero-order chi connectivity index (χ0) is 24.5.